The summed E-state index contributed by atoms with van der Waals surface area (Å²) in [6.45, 7) is -1.74. The fraction of sp³-hybridized carbons (Fsp3) is 0.500. The lowest BCUT2D eigenvalue weighted by atomic mass is 10.2. The SMILES string of the molecule is OC(COCC(F)(F)F)c1cc(Br)sc1Br. The van der Waals surface area contributed by atoms with E-state index in [1.54, 1.807) is 6.07 Å². The van der Waals surface area contributed by atoms with Crippen molar-refractivity contribution in [1.82, 2.24) is 0 Å². The number of aliphatic hydroxyl groups is 1. The molecule has 1 unspecified atom stereocenters. The zero-order valence-corrected chi connectivity index (χ0v) is 11.7. The Morgan fingerprint density at radius 1 is 1.44 bits per heavy atom. The van der Waals surface area contributed by atoms with Gasteiger partial charge < -0.3 is 9.84 Å². The van der Waals surface area contributed by atoms with Crippen molar-refractivity contribution in [3.63, 3.8) is 0 Å². The van der Waals surface area contributed by atoms with Crippen LogP contribution in [0.1, 0.15) is 11.7 Å². The summed E-state index contributed by atoms with van der Waals surface area (Å²) >= 11 is 7.74. The van der Waals surface area contributed by atoms with Crippen LogP contribution >= 0.6 is 43.2 Å². The van der Waals surface area contributed by atoms with E-state index in [2.05, 4.69) is 36.6 Å². The number of rotatable bonds is 4. The van der Waals surface area contributed by atoms with E-state index in [9.17, 15) is 18.3 Å². The molecule has 1 aromatic rings. The second-order valence-electron chi connectivity index (χ2n) is 2.93. The van der Waals surface area contributed by atoms with E-state index in [1.165, 1.54) is 11.3 Å². The van der Waals surface area contributed by atoms with Crippen molar-refractivity contribution in [2.24, 2.45) is 0 Å². The number of aliphatic hydroxyl groups excluding tert-OH is 1. The van der Waals surface area contributed by atoms with E-state index in [1.807, 2.05) is 0 Å². The summed E-state index contributed by atoms with van der Waals surface area (Å²) in [6, 6.07) is 1.64. The van der Waals surface area contributed by atoms with Crippen LogP contribution in [0.3, 0.4) is 0 Å². The van der Waals surface area contributed by atoms with Crippen LogP contribution in [0.25, 0.3) is 0 Å². The molecular formula is C8H7Br2F3O2S. The first-order valence-corrected chi connectivity index (χ1v) is 6.47. The first kappa shape index (κ1) is 14.4. The average Bonchev–Trinajstić information content (AvgIpc) is 2.43. The third-order valence-electron chi connectivity index (χ3n) is 1.58. The van der Waals surface area contributed by atoms with Gasteiger partial charge in [0.2, 0.25) is 0 Å². The molecule has 2 nitrogen and oxygen atoms in total. The molecule has 0 aliphatic carbocycles. The molecule has 1 rings (SSSR count). The summed E-state index contributed by atoms with van der Waals surface area (Å²) in [5.41, 5.74) is 0.513. The standard InChI is InChI=1S/C8H7Br2F3O2S/c9-6-1-4(7(10)16-6)5(14)2-15-3-8(11,12)13/h1,5,14H,2-3H2. The highest BCUT2D eigenvalue weighted by atomic mass is 79.9. The molecule has 1 aromatic heterocycles. The molecule has 0 fully saturated rings. The van der Waals surface area contributed by atoms with Gasteiger partial charge in [0.25, 0.3) is 0 Å². The van der Waals surface area contributed by atoms with Crippen LogP contribution in [0.2, 0.25) is 0 Å². The molecule has 8 heteroatoms. The smallest absolute Gasteiger partial charge is 0.386 e. The lowest BCUT2D eigenvalue weighted by Gasteiger charge is -2.12. The van der Waals surface area contributed by atoms with Gasteiger partial charge in [-0.1, -0.05) is 0 Å². The minimum absolute atomic E-state index is 0.388. The van der Waals surface area contributed by atoms with E-state index in [4.69, 9.17) is 0 Å². The molecule has 1 N–H and O–H groups in total. The predicted molar refractivity (Wildman–Crippen MR) is 61.6 cm³/mol. The molecule has 0 aromatic carbocycles. The average molecular weight is 384 g/mol. The van der Waals surface area contributed by atoms with Crippen LogP contribution in [-0.2, 0) is 4.74 Å². The molecule has 0 saturated carbocycles. The van der Waals surface area contributed by atoms with Gasteiger partial charge in [0, 0.05) is 5.56 Å². The molecule has 0 bridgehead atoms. The van der Waals surface area contributed by atoms with Gasteiger partial charge in [-0.25, -0.2) is 0 Å². The summed E-state index contributed by atoms with van der Waals surface area (Å²) in [7, 11) is 0. The number of ether oxygens (including phenoxy) is 1. The van der Waals surface area contributed by atoms with E-state index in [0.29, 0.717) is 9.35 Å². The monoisotopic (exact) mass is 382 g/mol. The van der Waals surface area contributed by atoms with E-state index in [-0.39, 0.29) is 6.61 Å². The molecule has 0 spiro atoms. The Kier molecular flexibility index (Phi) is 5.24. The minimum Gasteiger partial charge on any atom is -0.386 e. The predicted octanol–water partition coefficient (Wildman–Crippen LogP) is 3.89. The van der Waals surface area contributed by atoms with Crippen molar-refractivity contribution >= 4 is 43.2 Å². The minimum atomic E-state index is -4.37. The molecule has 0 saturated heterocycles. The van der Waals surface area contributed by atoms with Gasteiger partial charge in [0.1, 0.15) is 12.7 Å². The van der Waals surface area contributed by atoms with Gasteiger partial charge in [0.05, 0.1) is 14.2 Å². The molecule has 1 atom stereocenters. The second kappa shape index (κ2) is 5.81. The number of hydrogen-bond acceptors (Lipinski definition) is 3. The van der Waals surface area contributed by atoms with E-state index >= 15 is 0 Å². The lowest BCUT2D eigenvalue weighted by Crippen LogP contribution is -2.19. The molecule has 0 aliphatic rings. The van der Waals surface area contributed by atoms with Crippen molar-refractivity contribution in [2.75, 3.05) is 13.2 Å². The Morgan fingerprint density at radius 3 is 2.50 bits per heavy atom. The molecule has 0 radical (unpaired) electrons. The first-order chi connectivity index (χ1) is 7.29. The summed E-state index contributed by atoms with van der Waals surface area (Å²) in [5, 5.41) is 9.58. The maximum atomic E-state index is 11.8. The number of halogens is 5. The summed E-state index contributed by atoms with van der Waals surface area (Å²) in [4.78, 5) is 0. The third kappa shape index (κ3) is 4.70. The third-order valence-corrected chi connectivity index (χ3v) is 3.97. The maximum Gasteiger partial charge on any atom is 0.411 e. The Hall–Kier alpha value is 0.370. The highest BCUT2D eigenvalue weighted by Gasteiger charge is 2.28. The summed E-state index contributed by atoms with van der Waals surface area (Å²) < 4.78 is 41.1. The second-order valence-corrected chi connectivity index (χ2v) is 6.67. The zero-order chi connectivity index (χ0) is 12.3. The molecular weight excluding hydrogens is 377 g/mol. The number of alkyl halides is 3. The normalized spacial score (nSPS) is 14.1. The largest absolute Gasteiger partial charge is 0.411 e. The van der Waals surface area contributed by atoms with Crippen molar-refractivity contribution in [3.05, 3.63) is 19.2 Å². The van der Waals surface area contributed by atoms with Crippen LogP contribution in [-0.4, -0.2) is 24.5 Å². The van der Waals surface area contributed by atoms with Crippen LogP contribution in [0.4, 0.5) is 13.2 Å². The van der Waals surface area contributed by atoms with Crippen molar-refractivity contribution < 1.29 is 23.0 Å². The summed E-state index contributed by atoms with van der Waals surface area (Å²) in [5.74, 6) is 0. The van der Waals surface area contributed by atoms with Crippen LogP contribution < -0.4 is 0 Å². The van der Waals surface area contributed by atoms with E-state index < -0.39 is 18.9 Å². The Labute approximate surface area is 111 Å². The van der Waals surface area contributed by atoms with Crippen molar-refractivity contribution in [2.45, 2.75) is 12.3 Å². The topological polar surface area (TPSA) is 29.5 Å². The highest BCUT2D eigenvalue weighted by molar-refractivity contribution is 9.12. The highest BCUT2D eigenvalue weighted by Crippen LogP contribution is 2.35. The Bertz CT molecular complexity index is 354. The Balaban J connectivity index is 2.47. The molecule has 0 amide bonds. The van der Waals surface area contributed by atoms with E-state index in [0.717, 1.165) is 3.79 Å². The molecule has 1 heterocycles. The lowest BCUT2D eigenvalue weighted by molar-refractivity contribution is -0.179. The van der Waals surface area contributed by atoms with Crippen molar-refractivity contribution in [3.8, 4) is 0 Å². The van der Waals surface area contributed by atoms with Gasteiger partial charge in [-0.2, -0.15) is 13.2 Å². The number of hydrogen-bond donors (Lipinski definition) is 1. The molecule has 16 heavy (non-hydrogen) atoms. The van der Waals surface area contributed by atoms with Crippen LogP contribution in [0.15, 0.2) is 13.6 Å². The first-order valence-electron chi connectivity index (χ1n) is 4.07. The quantitative estimate of drug-likeness (QED) is 0.854. The molecule has 0 aliphatic heterocycles. The zero-order valence-electron chi connectivity index (χ0n) is 7.72. The van der Waals surface area contributed by atoms with Crippen LogP contribution in [0, 0.1) is 0 Å². The number of thiophene rings is 1. The van der Waals surface area contributed by atoms with Gasteiger partial charge in [-0.15, -0.1) is 11.3 Å². The Morgan fingerprint density at radius 2 is 2.06 bits per heavy atom. The van der Waals surface area contributed by atoms with Crippen molar-refractivity contribution in [1.29, 1.82) is 0 Å². The fourth-order valence-corrected chi connectivity index (χ4v) is 3.91. The summed E-state index contributed by atoms with van der Waals surface area (Å²) in [6.07, 6.45) is -5.44. The van der Waals surface area contributed by atoms with Gasteiger partial charge >= 0.3 is 6.18 Å². The fourth-order valence-electron chi connectivity index (χ4n) is 0.956. The van der Waals surface area contributed by atoms with Gasteiger partial charge in [-0.05, 0) is 37.9 Å². The van der Waals surface area contributed by atoms with Gasteiger partial charge in [-0.3, -0.25) is 0 Å². The molecule has 92 valence electrons. The maximum absolute atomic E-state index is 11.8. The van der Waals surface area contributed by atoms with Gasteiger partial charge in [0.15, 0.2) is 0 Å². The van der Waals surface area contributed by atoms with Crippen LogP contribution in [0.5, 0.6) is 0 Å².